The van der Waals surface area contributed by atoms with Crippen LogP contribution in [0, 0.1) is 5.92 Å². The molecule has 1 aromatic carbocycles. The van der Waals surface area contributed by atoms with Gasteiger partial charge in [-0.05, 0) is 37.0 Å². The van der Waals surface area contributed by atoms with Crippen LogP contribution in [0.3, 0.4) is 0 Å². The van der Waals surface area contributed by atoms with Crippen LogP contribution in [0.25, 0.3) is 0 Å². The largest absolute Gasteiger partial charge is 0.508 e. The lowest BCUT2D eigenvalue weighted by Crippen LogP contribution is -2.39. The lowest BCUT2D eigenvalue weighted by Gasteiger charge is -2.34. The average molecular weight is 251 g/mol. The maximum Gasteiger partial charge on any atom is 0.257 e. The molecule has 3 N–H and O–H groups in total. The van der Waals surface area contributed by atoms with E-state index in [0.717, 1.165) is 0 Å². The minimum absolute atomic E-state index is 0.0522. The fourth-order valence-electron chi connectivity index (χ4n) is 2.22. The lowest BCUT2D eigenvalue weighted by atomic mass is 9.82. The zero-order chi connectivity index (χ0) is 13.3. The van der Waals surface area contributed by atoms with Gasteiger partial charge in [-0.1, -0.05) is 0 Å². The van der Waals surface area contributed by atoms with Gasteiger partial charge in [-0.2, -0.15) is 0 Å². The first-order chi connectivity index (χ1) is 8.47. The molecule has 0 radical (unpaired) electrons. The number of benzene rings is 1. The number of aromatic hydroxyl groups is 2. The Labute approximate surface area is 105 Å². The summed E-state index contributed by atoms with van der Waals surface area (Å²) < 4.78 is 0. The van der Waals surface area contributed by atoms with Crippen molar-refractivity contribution in [3.8, 4) is 11.5 Å². The van der Waals surface area contributed by atoms with Gasteiger partial charge < -0.3 is 20.2 Å². The first-order valence-corrected chi connectivity index (χ1v) is 5.93. The smallest absolute Gasteiger partial charge is 0.257 e. The van der Waals surface area contributed by atoms with Crippen molar-refractivity contribution in [2.24, 2.45) is 5.92 Å². The van der Waals surface area contributed by atoms with E-state index in [9.17, 15) is 20.1 Å². The summed E-state index contributed by atoms with van der Waals surface area (Å²) in [5.74, 6) is -0.208. The Balaban J connectivity index is 2.03. The molecule has 2 rings (SSSR count). The molecule has 0 aromatic heterocycles. The highest BCUT2D eigenvalue weighted by atomic mass is 16.3. The summed E-state index contributed by atoms with van der Waals surface area (Å²) in [7, 11) is 1.65. The van der Waals surface area contributed by atoms with Crippen LogP contribution in [0.2, 0.25) is 0 Å². The molecule has 1 aromatic rings. The van der Waals surface area contributed by atoms with Gasteiger partial charge in [0.15, 0.2) is 0 Å². The summed E-state index contributed by atoms with van der Waals surface area (Å²) in [5, 5.41) is 28.1. The Hall–Kier alpha value is -1.75. The van der Waals surface area contributed by atoms with E-state index in [4.69, 9.17) is 0 Å². The molecule has 5 heteroatoms. The third kappa shape index (κ3) is 2.56. The predicted octanol–water partition coefficient (Wildman–Crippen LogP) is 0.941. The summed E-state index contributed by atoms with van der Waals surface area (Å²) >= 11 is 0. The molecule has 18 heavy (non-hydrogen) atoms. The van der Waals surface area contributed by atoms with Crippen molar-refractivity contribution in [3.05, 3.63) is 23.8 Å². The van der Waals surface area contributed by atoms with E-state index in [1.807, 2.05) is 0 Å². The maximum absolute atomic E-state index is 12.1. The standard InChI is InChI=1S/C13H17NO4/c1-14(7-8-4-10(16)5-8)13(18)11-6-9(15)2-3-12(11)17/h2-3,6,8,10,15-17H,4-5,7H2,1H3. The molecule has 5 nitrogen and oxygen atoms in total. The molecule has 1 fully saturated rings. The van der Waals surface area contributed by atoms with Gasteiger partial charge in [0.2, 0.25) is 0 Å². The number of phenols is 2. The van der Waals surface area contributed by atoms with Crippen molar-refractivity contribution in [2.75, 3.05) is 13.6 Å². The first-order valence-electron chi connectivity index (χ1n) is 5.93. The monoisotopic (exact) mass is 251 g/mol. The molecule has 0 atom stereocenters. The molecule has 1 amide bonds. The summed E-state index contributed by atoms with van der Waals surface area (Å²) in [6, 6.07) is 3.88. The Morgan fingerprint density at radius 1 is 1.39 bits per heavy atom. The van der Waals surface area contributed by atoms with Gasteiger partial charge in [0.05, 0.1) is 11.7 Å². The van der Waals surface area contributed by atoms with Crippen molar-refractivity contribution >= 4 is 5.91 Å². The molecule has 0 spiro atoms. The second-order valence-corrected chi connectivity index (χ2v) is 4.88. The van der Waals surface area contributed by atoms with Crippen LogP contribution >= 0.6 is 0 Å². The Bertz CT molecular complexity index is 454. The molecule has 0 heterocycles. The Kier molecular flexibility index (Phi) is 3.43. The number of aliphatic hydroxyl groups excluding tert-OH is 1. The van der Waals surface area contributed by atoms with Crippen LogP contribution in [0.5, 0.6) is 11.5 Å². The highest BCUT2D eigenvalue weighted by Gasteiger charge is 2.29. The van der Waals surface area contributed by atoms with Gasteiger partial charge in [-0.25, -0.2) is 0 Å². The number of hydrogen-bond acceptors (Lipinski definition) is 4. The van der Waals surface area contributed by atoms with Gasteiger partial charge in [0, 0.05) is 13.6 Å². The van der Waals surface area contributed by atoms with Gasteiger partial charge in [0.1, 0.15) is 11.5 Å². The summed E-state index contributed by atoms with van der Waals surface area (Å²) in [6.45, 7) is 0.547. The molecule has 1 aliphatic carbocycles. The molecule has 0 saturated heterocycles. The molecule has 0 unspecified atom stereocenters. The molecule has 0 bridgehead atoms. The third-order valence-corrected chi connectivity index (χ3v) is 3.30. The van der Waals surface area contributed by atoms with Gasteiger partial charge in [0.25, 0.3) is 5.91 Å². The average Bonchev–Trinajstić information content (AvgIpc) is 2.29. The zero-order valence-electron chi connectivity index (χ0n) is 10.2. The van der Waals surface area contributed by atoms with E-state index >= 15 is 0 Å². The number of phenolic OH excluding ortho intramolecular Hbond substituents is 2. The normalized spacial score (nSPS) is 22.3. The topological polar surface area (TPSA) is 81.0 Å². The highest BCUT2D eigenvalue weighted by molar-refractivity contribution is 5.97. The SMILES string of the molecule is CN(CC1CC(O)C1)C(=O)c1cc(O)ccc1O. The second kappa shape index (κ2) is 4.86. The molecule has 1 aliphatic rings. The quantitative estimate of drug-likeness (QED) is 0.698. The highest BCUT2D eigenvalue weighted by Crippen LogP contribution is 2.29. The molecular weight excluding hydrogens is 234 g/mol. The van der Waals surface area contributed by atoms with Crippen molar-refractivity contribution in [1.82, 2.24) is 4.90 Å². The van der Waals surface area contributed by atoms with Crippen molar-refractivity contribution < 1.29 is 20.1 Å². The van der Waals surface area contributed by atoms with Crippen LogP contribution in [0.15, 0.2) is 18.2 Å². The van der Waals surface area contributed by atoms with E-state index in [2.05, 4.69) is 0 Å². The fraction of sp³-hybridized carbons (Fsp3) is 0.462. The summed E-state index contributed by atoms with van der Waals surface area (Å²) in [6.07, 6.45) is 1.18. The maximum atomic E-state index is 12.1. The fourth-order valence-corrected chi connectivity index (χ4v) is 2.22. The number of carbonyl (C=O) groups excluding carboxylic acids is 1. The number of rotatable bonds is 3. The lowest BCUT2D eigenvalue weighted by molar-refractivity contribution is 0.0264. The van der Waals surface area contributed by atoms with Crippen LogP contribution in [-0.4, -0.2) is 45.8 Å². The molecular formula is C13H17NO4. The molecule has 98 valence electrons. The van der Waals surface area contributed by atoms with Gasteiger partial charge >= 0.3 is 0 Å². The van der Waals surface area contributed by atoms with Crippen LogP contribution in [0.4, 0.5) is 0 Å². The number of carbonyl (C=O) groups is 1. The first kappa shape index (κ1) is 12.7. The summed E-state index contributed by atoms with van der Waals surface area (Å²) in [4.78, 5) is 13.6. The van der Waals surface area contributed by atoms with E-state index in [1.54, 1.807) is 7.05 Å². The van der Waals surface area contributed by atoms with Crippen LogP contribution in [0.1, 0.15) is 23.2 Å². The summed E-state index contributed by atoms with van der Waals surface area (Å²) in [5.41, 5.74) is 0.0948. The number of aliphatic hydroxyl groups is 1. The minimum atomic E-state index is -0.329. The van der Waals surface area contributed by atoms with Crippen molar-refractivity contribution in [3.63, 3.8) is 0 Å². The van der Waals surface area contributed by atoms with Crippen LogP contribution < -0.4 is 0 Å². The van der Waals surface area contributed by atoms with Crippen LogP contribution in [-0.2, 0) is 0 Å². The van der Waals surface area contributed by atoms with Gasteiger partial charge in [-0.3, -0.25) is 4.79 Å². The van der Waals surface area contributed by atoms with E-state index in [1.165, 1.54) is 23.1 Å². The van der Waals surface area contributed by atoms with E-state index in [-0.39, 0.29) is 29.1 Å². The number of hydrogen-bond donors (Lipinski definition) is 3. The van der Waals surface area contributed by atoms with Crippen molar-refractivity contribution in [1.29, 1.82) is 0 Å². The Morgan fingerprint density at radius 2 is 2.06 bits per heavy atom. The number of nitrogens with zero attached hydrogens (tertiary/aromatic N) is 1. The van der Waals surface area contributed by atoms with E-state index in [0.29, 0.717) is 25.3 Å². The van der Waals surface area contributed by atoms with Gasteiger partial charge in [-0.15, -0.1) is 0 Å². The molecule has 1 saturated carbocycles. The molecule has 0 aliphatic heterocycles. The second-order valence-electron chi connectivity index (χ2n) is 4.88. The minimum Gasteiger partial charge on any atom is -0.508 e. The Morgan fingerprint density at radius 3 is 2.67 bits per heavy atom. The van der Waals surface area contributed by atoms with Crippen molar-refractivity contribution in [2.45, 2.75) is 18.9 Å². The van der Waals surface area contributed by atoms with E-state index < -0.39 is 0 Å². The zero-order valence-corrected chi connectivity index (χ0v) is 10.2. The third-order valence-electron chi connectivity index (χ3n) is 3.30. The predicted molar refractivity (Wildman–Crippen MR) is 65.5 cm³/mol. The number of amides is 1.